The summed E-state index contributed by atoms with van der Waals surface area (Å²) >= 11 is 0. The summed E-state index contributed by atoms with van der Waals surface area (Å²) in [4.78, 5) is 21.7. The van der Waals surface area contributed by atoms with Crippen molar-refractivity contribution in [3.63, 3.8) is 0 Å². The smallest absolute Gasteiger partial charge is 0.319 e. The van der Waals surface area contributed by atoms with Crippen LogP contribution in [0, 0.1) is 0 Å². The highest BCUT2D eigenvalue weighted by molar-refractivity contribution is 6.06. The highest BCUT2D eigenvalue weighted by atomic mass is 16.2. The molecule has 0 atom stereocenters. The van der Waals surface area contributed by atoms with Gasteiger partial charge in [0, 0.05) is 30.6 Å². The molecule has 0 saturated heterocycles. The van der Waals surface area contributed by atoms with Crippen LogP contribution in [0.25, 0.3) is 21.9 Å². The number of aromatic nitrogens is 3. The summed E-state index contributed by atoms with van der Waals surface area (Å²) in [6.45, 7) is 5.74. The minimum absolute atomic E-state index is 0.161. The van der Waals surface area contributed by atoms with E-state index < -0.39 is 0 Å². The first-order valence-corrected chi connectivity index (χ1v) is 12.8. The third-order valence-electron chi connectivity index (χ3n) is 6.31. The Kier molecular flexibility index (Phi) is 8.19. The Morgan fingerprint density at radius 2 is 1.71 bits per heavy atom. The van der Waals surface area contributed by atoms with Gasteiger partial charge >= 0.3 is 6.03 Å². The third-order valence-corrected chi connectivity index (χ3v) is 6.31. The molecule has 2 aromatic carbocycles. The zero-order valence-electron chi connectivity index (χ0n) is 20.8. The predicted octanol–water partition coefficient (Wildman–Crippen LogP) is 6.26. The Balaban J connectivity index is 1.54. The number of carbonyl (C=O) groups excluding carboxylic acids is 1. The van der Waals surface area contributed by atoms with Crippen molar-refractivity contribution in [3.05, 3.63) is 59.9 Å². The van der Waals surface area contributed by atoms with Crippen molar-refractivity contribution in [1.29, 1.82) is 0 Å². The van der Waals surface area contributed by atoms with E-state index in [-0.39, 0.29) is 6.03 Å². The number of fused-ring (bicyclic) bond motifs is 3. The van der Waals surface area contributed by atoms with Gasteiger partial charge in [0.15, 0.2) is 5.82 Å². The molecule has 0 unspecified atom stereocenters. The molecule has 0 bridgehead atoms. The van der Waals surface area contributed by atoms with Gasteiger partial charge in [-0.1, -0.05) is 69.9 Å². The molecule has 7 nitrogen and oxygen atoms in total. The largest absolute Gasteiger partial charge is 0.382 e. The normalized spacial score (nSPS) is 11.3. The summed E-state index contributed by atoms with van der Waals surface area (Å²) in [5, 5.41) is 6.91. The van der Waals surface area contributed by atoms with Gasteiger partial charge in [0.1, 0.15) is 11.3 Å². The number of hydrogen-bond donors (Lipinski definition) is 3. The number of para-hydroxylation sites is 1. The van der Waals surface area contributed by atoms with Gasteiger partial charge in [-0.3, -0.25) is 0 Å². The molecule has 7 heteroatoms. The second-order valence-corrected chi connectivity index (χ2v) is 9.07. The van der Waals surface area contributed by atoms with E-state index in [0.717, 1.165) is 71.1 Å². The van der Waals surface area contributed by atoms with Crippen molar-refractivity contribution in [2.24, 2.45) is 0 Å². The maximum absolute atomic E-state index is 12.2. The Morgan fingerprint density at radius 3 is 2.49 bits per heavy atom. The first-order valence-electron chi connectivity index (χ1n) is 12.8. The lowest BCUT2D eigenvalue weighted by atomic mass is 10.1. The summed E-state index contributed by atoms with van der Waals surface area (Å²) in [6, 6.07) is 15.9. The molecule has 0 aliphatic carbocycles. The number of urea groups is 1. The highest BCUT2D eigenvalue weighted by Gasteiger charge is 2.17. The molecule has 2 heterocycles. The average molecular weight is 473 g/mol. The van der Waals surface area contributed by atoms with Crippen molar-refractivity contribution in [3.8, 4) is 0 Å². The molecular formula is C28H36N6O. The molecule has 4 aromatic rings. The standard InChI is InChI=1S/C28H36N6O/c1-3-5-7-10-18-30-28(35)31-21-16-14-20(15-17-21)19-34-24(13-6-4-2)33-25-26(34)22-11-8-9-12-23(22)32-27(25)29/h8-9,11-12,14-17H,3-7,10,13,18-19H2,1-2H3,(H2,29,32)(H2,30,31,35). The van der Waals surface area contributed by atoms with Gasteiger partial charge in [-0.25, -0.2) is 14.8 Å². The van der Waals surface area contributed by atoms with Crippen LogP contribution in [0.5, 0.6) is 0 Å². The molecule has 0 saturated carbocycles. The SMILES string of the molecule is CCCCCCNC(=O)Nc1ccc(Cn2c(CCCC)nc3c(N)nc4ccccc4c32)cc1. The summed E-state index contributed by atoms with van der Waals surface area (Å²) in [6.07, 6.45) is 7.59. The van der Waals surface area contributed by atoms with Crippen molar-refractivity contribution < 1.29 is 4.79 Å². The molecule has 35 heavy (non-hydrogen) atoms. The topological polar surface area (TPSA) is 97.9 Å². The minimum atomic E-state index is -0.161. The second kappa shape index (κ2) is 11.7. The Morgan fingerprint density at radius 1 is 0.943 bits per heavy atom. The fraction of sp³-hybridized carbons (Fsp3) is 0.393. The Hall–Kier alpha value is -3.61. The van der Waals surface area contributed by atoms with Crippen LogP contribution in [-0.2, 0) is 13.0 Å². The van der Waals surface area contributed by atoms with Crippen molar-refractivity contribution in [2.45, 2.75) is 65.3 Å². The van der Waals surface area contributed by atoms with E-state index in [1.165, 1.54) is 12.8 Å². The van der Waals surface area contributed by atoms with Gasteiger partial charge in [0.25, 0.3) is 0 Å². The van der Waals surface area contributed by atoms with E-state index in [4.69, 9.17) is 10.7 Å². The number of anilines is 2. The molecule has 0 radical (unpaired) electrons. The van der Waals surface area contributed by atoms with Gasteiger partial charge < -0.3 is 20.9 Å². The number of nitrogen functional groups attached to an aromatic ring is 1. The fourth-order valence-electron chi connectivity index (χ4n) is 4.41. The third kappa shape index (κ3) is 5.91. The number of hydrogen-bond acceptors (Lipinski definition) is 4. The predicted molar refractivity (Wildman–Crippen MR) is 145 cm³/mol. The Bertz CT molecular complexity index is 1280. The molecule has 2 amide bonds. The zero-order valence-corrected chi connectivity index (χ0v) is 20.8. The summed E-state index contributed by atoms with van der Waals surface area (Å²) in [5.41, 5.74) is 10.9. The first-order chi connectivity index (χ1) is 17.1. The van der Waals surface area contributed by atoms with Crippen LogP contribution in [0.1, 0.15) is 63.8 Å². The number of amides is 2. The van der Waals surface area contributed by atoms with Crippen LogP contribution in [-0.4, -0.2) is 27.1 Å². The van der Waals surface area contributed by atoms with Gasteiger partial charge in [0.05, 0.1) is 11.0 Å². The van der Waals surface area contributed by atoms with Crippen LogP contribution < -0.4 is 16.4 Å². The average Bonchev–Trinajstić information content (AvgIpc) is 3.23. The van der Waals surface area contributed by atoms with Gasteiger partial charge in [-0.2, -0.15) is 0 Å². The number of nitrogens with zero attached hydrogens (tertiary/aromatic N) is 3. The minimum Gasteiger partial charge on any atom is -0.382 e. The van der Waals surface area contributed by atoms with E-state index in [2.05, 4.69) is 52.2 Å². The van der Waals surface area contributed by atoms with E-state index in [9.17, 15) is 4.79 Å². The maximum Gasteiger partial charge on any atom is 0.319 e. The number of nitrogens with two attached hydrogens (primary N) is 1. The fourth-order valence-corrected chi connectivity index (χ4v) is 4.41. The van der Waals surface area contributed by atoms with E-state index in [1.807, 2.05) is 30.3 Å². The first kappa shape index (κ1) is 24.5. The number of benzene rings is 2. The number of rotatable bonds is 11. The number of nitrogens with one attached hydrogen (secondary N) is 2. The summed E-state index contributed by atoms with van der Waals surface area (Å²) in [5.74, 6) is 1.49. The van der Waals surface area contributed by atoms with Gasteiger partial charge in [-0.05, 0) is 36.6 Å². The molecule has 0 aliphatic rings. The van der Waals surface area contributed by atoms with E-state index in [1.54, 1.807) is 0 Å². The second-order valence-electron chi connectivity index (χ2n) is 9.07. The van der Waals surface area contributed by atoms with E-state index >= 15 is 0 Å². The summed E-state index contributed by atoms with van der Waals surface area (Å²) < 4.78 is 2.27. The molecule has 0 fully saturated rings. The quantitative estimate of drug-likeness (QED) is 0.224. The van der Waals surface area contributed by atoms with Crippen molar-refractivity contribution in [2.75, 3.05) is 17.6 Å². The number of unbranched alkanes of at least 4 members (excludes halogenated alkanes) is 4. The number of carbonyl (C=O) groups is 1. The van der Waals surface area contributed by atoms with Gasteiger partial charge in [-0.15, -0.1) is 0 Å². The van der Waals surface area contributed by atoms with Crippen molar-refractivity contribution in [1.82, 2.24) is 19.9 Å². The van der Waals surface area contributed by atoms with Crippen LogP contribution >= 0.6 is 0 Å². The highest BCUT2D eigenvalue weighted by Crippen LogP contribution is 2.30. The number of aryl methyl sites for hydroxylation is 1. The summed E-state index contributed by atoms with van der Waals surface area (Å²) in [7, 11) is 0. The molecule has 184 valence electrons. The van der Waals surface area contributed by atoms with Gasteiger partial charge in [0.2, 0.25) is 0 Å². The van der Waals surface area contributed by atoms with E-state index in [0.29, 0.717) is 18.9 Å². The zero-order chi connectivity index (χ0) is 24.6. The van der Waals surface area contributed by atoms with Crippen LogP contribution in [0.2, 0.25) is 0 Å². The van der Waals surface area contributed by atoms with Crippen LogP contribution in [0.4, 0.5) is 16.3 Å². The molecule has 0 spiro atoms. The van der Waals surface area contributed by atoms with Crippen molar-refractivity contribution >= 4 is 39.5 Å². The van der Waals surface area contributed by atoms with Crippen LogP contribution in [0.15, 0.2) is 48.5 Å². The molecule has 0 aliphatic heterocycles. The number of imidazole rings is 1. The molecule has 4 N–H and O–H groups in total. The molecular weight excluding hydrogens is 436 g/mol. The molecule has 4 rings (SSSR count). The lowest BCUT2D eigenvalue weighted by Gasteiger charge is -2.12. The Labute approximate surface area is 207 Å². The lowest BCUT2D eigenvalue weighted by molar-refractivity contribution is 0.252. The lowest BCUT2D eigenvalue weighted by Crippen LogP contribution is -2.29. The maximum atomic E-state index is 12.2. The van der Waals surface area contributed by atoms with Crippen LogP contribution in [0.3, 0.4) is 0 Å². The number of pyridine rings is 1. The molecule has 2 aromatic heterocycles. The monoisotopic (exact) mass is 472 g/mol.